The smallest absolute Gasteiger partial charge is 0.118 e. The molecule has 0 aliphatic heterocycles. The topological polar surface area (TPSA) is 73.1 Å². The molecule has 0 aliphatic rings. The molecular weight excluding hydrogens is 216 g/mol. The zero-order chi connectivity index (χ0) is 12.1. The average molecular weight is 230 g/mol. The third kappa shape index (κ3) is 2.58. The van der Waals surface area contributed by atoms with Crippen LogP contribution in [0, 0.1) is 0 Å². The molecule has 1 heterocycles. The first-order chi connectivity index (χ1) is 8.35. The summed E-state index contributed by atoms with van der Waals surface area (Å²) in [6, 6.07) is 9.36. The number of hydrazine groups is 1. The van der Waals surface area contributed by atoms with Gasteiger partial charge in [0.1, 0.15) is 12.1 Å². The van der Waals surface area contributed by atoms with Crippen LogP contribution < -0.4 is 16.0 Å². The van der Waals surface area contributed by atoms with Crippen molar-refractivity contribution in [2.75, 3.05) is 7.11 Å². The maximum Gasteiger partial charge on any atom is 0.118 e. The zero-order valence-corrected chi connectivity index (χ0v) is 9.50. The summed E-state index contributed by atoms with van der Waals surface area (Å²) in [5.41, 5.74) is 4.59. The maximum absolute atomic E-state index is 5.57. The third-order valence-corrected chi connectivity index (χ3v) is 2.52. The highest BCUT2D eigenvalue weighted by Crippen LogP contribution is 2.21. The summed E-state index contributed by atoms with van der Waals surface area (Å²) in [6.45, 7) is 0. The summed E-state index contributed by atoms with van der Waals surface area (Å²) in [6.07, 6.45) is 3.19. The van der Waals surface area contributed by atoms with Gasteiger partial charge in [-0.25, -0.2) is 15.4 Å². The van der Waals surface area contributed by atoms with E-state index in [2.05, 4.69) is 15.4 Å². The summed E-state index contributed by atoms with van der Waals surface area (Å²) < 4.78 is 5.11. The Morgan fingerprint density at radius 3 is 2.53 bits per heavy atom. The number of nitrogens with one attached hydrogen (secondary N) is 1. The highest BCUT2D eigenvalue weighted by atomic mass is 16.5. The van der Waals surface area contributed by atoms with Gasteiger partial charge in [-0.05, 0) is 23.8 Å². The van der Waals surface area contributed by atoms with E-state index in [0.29, 0.717) is 0 Å². The Hall–Kier alpha value is -1.98. The van der Waals surface area contributed by atoms with Gasteiger partial charge in [-0.3, -0.25) is 5.84 Å². The van der Waals surface area contributed by atoms with Crippen LogP contribution in [-0.2, 0) is 0 Å². The minimum absolute atomic E-state index is 0.149. The molecule has 88 valence electrons. The van der Waals surface area contributed by atoms with E-state index in [1.807, 2.05) is 30.3 Å². The van der Waals surface area contributed by atoms with Gasteiger partial charge in [-0.2, -0.15) is 0 Å². The van der Waals surface area contributed by atoms with E-state index >= 15 is 0 Å². The Morgan fingerprint density at radius 2 is 2.00 bits per heavy atom. The highest BCUT2D eigenvalue weighted by Gasteiger charge is 2.13. The van der Waals surface area contributed by atoms with Crippen molar-refractivity contribution < 1.29 is 4.74 Å². The SMILES string of the molecule is COc1ccc(C(NN)c2ccncn2)cc1. The Kier molecular flexibility index (Phi) is 3.64. The van der Waals surface area contributed by atoms with E-state index in [1.54, 1.807) is 13.3 Å². The Balaban J connectivity index is 2.29. The number of ether oxygens (including phenoxy) is 1. The summed E-state index contributed by atoms with van der Waals surface area (Å²) in [5.74, 6) is 6.38. The molecule has 0 spiro atoms. The van der Waals surface area contributed by atoms with E-state index in [-0.39, 0.29) is 6.04 Å². The number of nitrogens with zero attached hydrogens (tertiary/aromatic N) is 2. The van der Waals surface area contributed by atoms with Crippen molar-refractivity contribution in [2.45, 2.75) is 6.04 Å². The van der Waals surface area contributed by atoms with E-state index in [0.717, 1.165) is 17.0 Å². The minimum Gasteiger partial charge on any atom is -0.497 e. The molecular formula is C12H14N4O. The molecule has 0 saturated carbocycles. The van der Waals surface area contributed by atoms with Crippen molar-refractivity contribution in [1.29, 1.82) is 0 Å². The molecule has 17 heavy (non-hydrogen) atoms. The number of rotatable bonds is 4. The summed E-state index contributed by atoms with van der Waals surface area (Å²) in [5, 5.41) is 0. The molecule has 3 N–H and O–H groups in total. The molecule has 0 aliphatic carbocycles. The fourth-order valence-electron chi connectivity index (χ4n) is 1.62. The lowest BCUT2D eigenvalue weighted by Gasteiger charge is -2.15. The van der Waals surface area contributed by atoms with Gasteiger partial charge in [-0.15, -0.1) is 0 Å². The number of aromatic nitrogens is 2. The lowest BCUT2D eigenvalue weighted by molar-refractivity contribution is 0.414. The van der Waals surface area contributed by atoms with Crippen molar-refractivity contribution in [2.24, 2.45) is 5.84 Å². The van der Waals surface area contributed by atoms with Gasteiger partial charge in [-0.1, -0.05) is 12.1 Å². The fourth-order valence-corrected chi connectivity index (χ4v) is 1.62. The Morgan fingerprint density at radius 1 is 1.24 bits per heavy atom. The normalized spacial score (nSPS) is 12.1. The van der Waals surface area contributed by atoms with Crippen LogP contribution in [-0.4, -0.2) is 17.1 Å². The van der Waals surface area contributed by atoms with E-state index < -0.39 is 0 Å². The van der Waals surface area contributed by atoms with E-state index in [4.69, 9.17) is 10.6 Å². The van der Waals surface area contributed by atoms with Crippen molar-refractivity contribution in [3.05, 3.63) is 54.1 Å². The minimum atomic E-state index is -0.149. The monoisotopic (exact) mass is 230 g/mol. The van der Waals surface area contributed by atoms with Crippen LogP contribution in [0.5, 0.6) is 5.75 Å². The van der Waals surface area contributed by atoms with Crippen LogP contribution >= 0.6 is 0 Å². The van der Waals surface area contributed by atoms with Crippen molar-refractivity contribution in [1.82, 2.24) is 15.4 Å². The van der Waals surface area contributed by atoms with Gasteiger partial charge in [0.05, 0.1) is 18.8 Å². The lowest BCUT2D eigenvalue weighted by atomic mass is 10.0. The van der Waals surface area contributed by atoms with Gasteiger partial charge in [0.15, 0.2) is 0 Å². The molecule has 2 aromatic rings. The average Bonchev–Trinajstić information content (AvgIpc) is 2.42. The molecule has 5 heteroatoms. The predicted molar refractivity (Wildman–Crippen MR) is 64.2 cm³/mol. The maximum atomic E-state index is 5.57. The van der Waals surface area contributed by atoms with Crippen LogP contribution in [0.25, 0.3) is 0 Å². The summed E-state index contributed by atoms with van der Waals surface area (Å²) >= 11 is 0. The van der Waals surface area contributed by atoms with Crippen LogP contribution in [0.2, 0.25) is 0 Å². The van der Waals surface area contributed by atoms with Gasteiger partial charge in [0.25, 0.3) is 0 Å². The van der Waals surface area contributed by atoms with Crippen LogP contribution in [0.3, 0.4) is 0 Å². The van der Waals surface area contributed by atoms with E-state index in [9.17, 15) is 0 Å². The summed E-state index contributed by atoms with van der Waals surface area (Å²) in [7, 11) is 1.64. The molecule has 2 rings (SSSR count). The van der Waals surface area contributed by atoms with Gasteiger partial charge >= 0.3 is 0 Å². The number of hydrogen-bond donors (Lipinski definition) is 2. The Bertz CT molecular complexity index is 458. The molecule has 1 unspecified atom stereocenters. The van der Waals surface area contributed by atoms with Crippen molar-refractivity contribution >= 4 is 0 Å². The molecule has 1 atom stereocenters. The van der Waals surface area contributed by atoms with Crippen LogP contribution in [0.15, 0.2) is 42.9 Å². The first-order valence-corrected chi connectivity index (χ1v) is 5.21. The van der Waals surface area contributed by atoms with Crippen molar-refractivity contribution in [3.8, 4) is 5.75 Å². The van der Waals surface area contributed by atoms with Gasteiger partial charge < -0.3 is 4.74 Å². The Labute approximate surface area is 99.6 Å². The number of nitrogens with two attached hydrogens (primary N) is 1. The van der Waals surface area contributed by atoms with Gasteiger partial charge in [0, 0.05) is 6.20 Å². The molecule has 0 radical (unpaired) electrons. The first kappa shape index (κ1) is 11.5. The third-order valence-electron chi connectivity index (χ3n) is 2.52. The standard InChI is InChI=1S/C12H14N4O/c1-17-10-4-2-9(3-5-10)12(16-13)11-6-7-14-8-15-11/h2-8,12,16H,13H2,1H3. The zero-order valence-electron chi connectivity index (χ0n) is 9.50. The van der Waals surface area contributed by atoms with Crippen molar-refractivity contribution in [3.63, 3.8) is 0 Å². The molecule has 5 nitrogen and oxygen atoms in total. The largest absolute Gasteiger partial charge is 0.497 e. The van der Waals surface area contributed by atoms with E-state index in [1.165, 1.54) is 6.33 Å². The lowest BCUT2D eigenvalue weighted by Crippen LogP contribution is -2.29. The summed E-state index contributed by atoms with van der Waals surface area (Å²) in [4.78, 5) is 8.07. The number of hydrogen-bond acceptors (Lipinski definition) is 5. The molecule has 0 fully saturated rings. The second-order valence-corrected chi connectivity index (χ2v) is 3.51. The quantitative estimate of drug-likeness (QED) is 0.606. The molecule has 0 bridgehead atoms. The molecule has 1 aromatic heterocycles. The highest BCUT2D eigenvalue weighted by molar-refractivity contribution is 5.32. The predicted octanol–water partition coefficient (Wildman–Crippen LogP) is 1.04. The molecule has 1 aromatic carbocycles. The fraction of sp³-hybridized carbons (Fsp3) is 0.167. The second kappa shape index (κ2) is 5.38. The molecule has 0 amide bonds. The van der Waals surface area contributed by atoms with Crippen LogP contribution in [0.4, 0.5) is 0 Å². The first-order valence-electron chi connectivity index (χ1n) is 5.21. The van der Waals surface area contributed by atoms with Crippen LogP contribution in [0.1, 0.15) is 17.3 Å². The molecule has 0 saturated heterocycles. The second-order valence-electron chi connectivity index (χ2n) is 3.51. The number of methoxy groups -OCH3 is 1. The number of benzene rings is 1. The van der Waals surface area contributed by atoms with Gasteiger partial charge in [0.2, 0.25) is 0 Å².